The van der Waals surface area contributed by atoms with Crippen molar-refractivity contribution in [3.8, 4) is 0 Å². The molecule has 2 atom stereocenters. The van der Waals surface area contributed by atoms with Gasteiger partial charge in [-0.3, -0.25) is 14.6 Å². The van der Waals surface area contributed by atoms with Gasteiger partial charge in [-0.05, 0) is 19.1 Å². The number of amides is 1. The molecule has 2 aliphatic heterocycles. The number of hydrogen-bond acceptors (Lipinski definition) is 5. The molecule has 0 unspecified atom stereocenters. The van der Waals surface area contributed by atoms with Crippen LogP contribution in [0.5, 0.6) is 0 Å². The van der Waals surface area contributed by atoms with Crippen LogP contribution in [-0.4, -0.2) is 67.7 Å². The number of aryl methyl sites for hydroxylation is 1. The Kier molecular flexibility index (Phi) is 4.59. The van der Waals surface area contributed by atoms with Crippen LogP contribution in [0.25, 0.3) is 0 Å². The largest absolute Gasteiger partial charge is 0.374 e. The predicted molar refractivity (Wildman–Crippen MR) is 83.5 cm³/mol. The molecule has 116 valence electrons. The van der Waals surface area contributed by atoms with E-state index in [9.17, 15) is 4.79 Å². The fraction of sp³-hybridized carbons (Fsp3) is 0.667. The molecule has 0 radical (unpaired) electrons. The Balaban J connectivity index is 1.61. The van der Waals surface area contributed by atoms with Crippen LogP contribution in [0.3, 0.4) is 0 Å². The van der Waals surface area contributed by atoms with Crippen LogP contribution in [-0.2, 0) is 16.1 Å². The Morgan fingerprint density at radius 1 is 1.48 bits per heavy atom. The highest BCUT2D eigenvalue weighted by molar-refractivity contribution is 7.11. The first-order valence-corrected chi connectivity index (χ1v) is 8.31. The van der Waals surface area contributed by atoms with Crippen molar-refractivity contribution in [2.75, 3.05) is 39.8 Å². The molecule has 5 nitrogen and oxygen atoms in total. The number of ether oxygens (including phenoxy) is 1. The fourth-order valence-corrected chi connectivity index (χ4v) is 4.15. The second kappa shape index (κ2) is 6.44. The molecule has 0 aromatic carbocycles. The van der Waals surface area contributed by atoms with Gasteiger partial charge in [0.15, 0.2) is 0 Å². The lowest BCUT2D eigenvalue weighted by Crippen LogP contribution is -2.53. The second-order valence-corrected chi connectivity index (χ2v) is 7.20. The molecule has 1 N–H and O–H groups in total. The van der Waals surface area contributed by atoms with Crippen molar-refractivity contribution < 1.29 is 9.53 Å². The molecule has 2 saturated heterocycles. The summed E-state index contributed by atoms with van der Waals surface area (Å²) in [6.45, 7) is 7.14. The number of nitrogens with one attached hydrogen (secondary N) is 1. The van der Waals surface area contributed by atoms with Gasteiger partial charge in [0, 0.05) is 43.0 Å². The van der Waals surface area contributed by atoms with E-state index >= 15 is 0 Å². The summed E-state index contributed by atoms with van der Waals surface area (Å²) in [6.07, 6.45) is 0.240. The normalized spacial score (nSPS) is 26.8. The van der Waals surface area contributed by atoms with Crippen molar-refractivity contribution >= 4 is 17.2 Å². The first kappa shape index (κ1) is 15.0. The third-order valence-corrected chi connectivity index (χ3v) is 5.28. The maximum atomic E-state index is 11.6. The number of fused-ring (bicyclic) bond motifs is 1. The number of hydrogen-bond donors (Lipinski definition) is 1. The quantitative estimate of drug-likeness (QED) is 0.889. The SMILES string of the molecule is CNC(=O)CN1CCO[C@H]2CN(Cc3ccc(C)s3)C[C@H]21. The molecule has 2 fully saturated rings. The van der Waals surface area contributed by atoms with E-state index < -0.39 is 0 Å². The zero-order chi connectivity index (χ0) is 14.8. The minimum atomic E-state index is 0.0861. The average Bonchev–Trinajstić information content (AvgIpc) is 3.05. The molecule has 21 heavy (non-hydrogen) atoms. The van der Waals surface area contributed by atoms with Gasteiger partial charge in [0.2, 0.25) is 5.91 Å². The van der Waals surface area contributed by atoms with E-state index in [1.807, 2.05) is 11.3 Å². The zero-order valence-corrected chi connectivity index (χ0v) is 13.5. The van der Waals surface area contributed by atoms with Gasteiger partial charge in [-0.2, -0.15) is 0 Å². The van der Waals surface area contributed by atoms with E-state index in [0.717, 1.165) is 32.8 Å². The van der Waals surface area contributed by atoms with Crippen molar-refractivity contribution in [2.45, 2.75) is 25.6 Å². The average molecular weight is 309 g/mol. The molecule has 0 aliphatic carbocycles. The van der Waals surface area contributed by atoms with Gasteiger partial charge in [0.05, 0.1) is 25.3 Å². The Morgan fingerprint density at radius 2 is 2.33 bits per heavy atom. The van der Waals surface area contributed by atoms with E-state index in [-0.39, 0.29) is 12.0 Å². The van der Waals surface area contributed by atoms with Gasteiger partial charge < -0.3 is 10.1 Å². The van der Waals surface area contributed by atoms with E-state index in [4.69, 9.17) is 4.74 Å². The van der Waals surface area contributed by atoms with Crippen LogP contribution in [0, 0.1) is 6.92 Å². The van der Waals surface area contributed by atoms with Crippen LogP contribution in [0.15, 0.2) is 12.1 Å². The van der Waals surface area contributed by atoms with Gasteiger partial charge in [-0.25, -0.2) is 0 Å². The first-order valence-electron chi connectivity index (χ1n) is 7.49. The lowest BCUT2D eigenvalue weighted by atomic mass is 10.1. The smallest absolute Gasteiger partial charge is 0.233 e. The fourth-order valence-electron chi connectivity index (χ4n) is 3.21. The van der Waals surface area contributed by atoms with Crippen molar-refractivity contribution in [3.63, 3.8) is 0 Å². The summed E-state index contributed by atoms with van der Waals surface area (Å²) < 4.78 is 5.91. The summed E-state index contributed by atoms with van der Waals surface area (Å²) in [6, 6.07) is 4.74. The van der Waals surface area contributed by atoms with Crippen molar-refractivity contribution in [2.24, 2.45) is 0 Å². The highest BCUT2D eigenvalue weighted by Crippen LogP contribution is 2.25. The summed E-state index contributed by atoms with van der Waals surface area (Å²) in [5, 5.41) is 2.71. The molecule has 1 aromatic rings. The molecule has 6 heteroatoms. The first-order chi connectivity index (χ1) is 10.2. The summed E-state index contributed by atoms with van der Waals surface area (Å²) in [5.41, 5.74) is 0. The lowest BCUT2D eigenvalue weighted by molar-refractivity contribution is -0.125. The van der Waals surface area contributed by atoms with Gasteiger partial charge in [0.1, 0.15) is 0 Å². The third-order valence-electron chi connectivity index (χ3n) is 4.29. The monoisotopic (exact) mass is 309 g/mol. The molecule has 1 aromatic heterocycles. The van der Waals surface area contributed by atoms with Crippen LogP contribution < -0.4 is 5.32 Å². The number of carbonyl (C=O) groups is 1. The second-order valence-electron chi connectivity index (χ2n) is 5.83. The molecule has 0 saturated carbocycles. The lowest BCUT2D eigenvalue weighted by Gasteiger charge is -2.36. The van der Waals surface area contributed by atoms with Gasteiger partial charge >= 0.3 is 0 Å². The number of morpholine rings is 1. The maximum absolute atomic E-state index is 11.6. The number of nitrogens with zero attached hydrogens (tertiary/aromatic N) is 2. The van der Waals surface area contributed by atoms with E-state index in [1.54, 1.807) is 7.05 Å². The standard InChI is InChI=1S/C15H23N3O2S/c1-11-3-4-12(21-11)7-17-8-13-14(9-17)20-6-5-18(13)10-15(19)16-2/h3-4,13-14H,5-10H2,1-2H3,(H,16,19)/t13-,14+/m1/s1. The molecule has 3 heterocycles. The summed E-state index contributed by atoms with van der Waals surface area (Å²) in [5.74, 6) is 0.0861. The highest BCUT2D eigenvalue weighted by Gasteiger charge is 2.40. The maximum Gasteiger partial charge on any atom is 0.233 e. The number of likely N-dealkylation sites (tertiary alicyclic amines) is 1. The molecule has 1 amide bonds. The summed E-state index contributed by atoms with van der Waals surface area (Å²) in [7, 11) is 1.69. The third kappa shape index (κ3) is 3.45. The van der Waals surface area contributed by atoms with Gasteiger partial charge in [0.25, 0.3) is 0 Å². The number of thiophene rings is 1. The molecule has 2 aliphatic rings. The zero-order valence-electron chi connectivity index (χ0n) is 12.7. The van der Waals surface area contributed by atoms with E-state index in [2.05, 4.69) is 34.2 Å². The Labute approximate surface area is 129 Å². The topological polar surface area (TPSA) is 44.8 Å². The molecule has 0 bridgehead atoms. The van der Waals surface area contributed by atoms with Crippen LogP contribution >= 0.6 is 11.3 Å². The Bertz CT molecular complexity index is 505. The minimum absolute atomic E-state index is 0.0861. The van der Waals surface area contributed by atoms with Crippen molar-refractivity contribution in [1.82, 2.24) is 15.1 Å². The van der Waals surface area contributed by atoms with Crippen LogP contribution in [0.2, 0.25) is 0 Å². The van der Waals surface area contributed by atoms with Gasteiger partial charge in [-0.15, -0.1) is 11.3 Å². The number of rotatable bonds is 4. The minimum Gasteiger partial charge on any atom is -0.374 e. The van der Waals surface area contributed by atoms with Crippen molar-refractivity contribution in [3.05, 3.63) is 21.9 Å². The van der Waals surface area contributed by atoms with Gasteiger partial charge in [-0.1, -0.05) is 0 Å². The van der Waals surface area contributed by atoms with E-state index in [1.165, 1.54) is 9.75 Å². The highest BCUT2D eigenvalue weighted by atomic mass is 32.1. The molecular weight excluding hydrogens is 286 g/mol. The predicted octanol–water partition coefficient (Wildman–Crippen LogP) is 0.688. The summed E-state index contributed by atoms with van der Waals surface area (Å²) in [4.78, 5) is 19.1. The Morgan fingerprint density at radius 3 is 3.05 bits per heavy atom. The van der Waals surface area contributed by atoms with Crippen LogP contribution in [0.1, 0.15) is 9.75 Å². The number of likely N-dealkylation sites (N-methyl/N-ethyl adjacent to an activating group) is 1. The molecule has 0 spiro atoms. The molecule has 3 rings (SSSR count). The van der Waals surface area contributed by atoms with Crippen molar-refractivity contribution in [1.29, 1.82) is 0 Å². The summed E-state index contributed by atoms with van der Waals surface area (Å²) >= 11 is 1.86. The molecular formula is C15H23N3O2S. The number of carbonyl (C=O) groups excluding carboxylic acids is 1. The van der Waals surface area contributed by atoms with Crippen LogP contribution in [0.4, 0.5) is 0 Å². The Hall–Kier alpha value is -0.950. The van der Waals surface area contributed by atoms with E-state index in [0.29, 0.717) is 12.6 Å².